The number of phenols is 2. The minimum atomic E-state index is -5.00. The predicted octanol–water partition coefficient (Wildman–Crippen LogP) is 7.36. The molecule has 0 bridgehead atoms. The molecule has 0 atom stereocenters. The van der Waals surface area contributed by atoms with E-state index in [4.69, 9.17) is 11.0 Å². The molecular weight excluding hydrogens is 679 g/mol. The van der Waals surface area contributed by atoms with Gasteiger partial charge < -0.3 is 15.9 Å². The lowest BCUT2D eigenvalue weighted by Gasteiger charge is -2.14. The van der Waals surface area contributed by atoms with Gasteiger partial charge in [-0.25, -0.2) is 5.26 Å². The molecule has 0 fully saturated rings. The Labute approximate surface area is 270 Å². The third-order valence-electron chi connectivity index (χ3n) is 7.06. The van der Waals surface area contributed by atoms with Crippen LogP contribution in [0.3, 0.4) is 0 Å². The molecule has 47 heavy (non-hydrogen) atoms. The van der Waals surface area contributed by atoms with Crippen LogP contribution in [0.2, 0.25) is 0 Å². The third kappa shape index (κ3) is 6.59. The number of azo groups is 2. The summed E-state index contributed by atoms with van der Waals surface area (Å²) in [6, 6.07) is 14.5. The van der Waals surface area contributed by atoms with Gasteiger partial charge in [0, 0.05) is 16.3 Å². The quantitative estimate of drug-likeness (QED) is 0.0219. The number of hydrogen-bond acceptors (Lipinski definition) is 15. The van der Waals surface area contributed by atoms with E-state index >= 15 is 0 Å². The van der Waals surface area contributed by atoms with Gasteiger partial charge in [-0.1, -0.05) is 23.2 Å². The molecule has 0 spiro atoms. The maximum atomic E-state index is 12.5. The van der Waals surface area contributed by atoms with Gasteiger partial charge in [-0.3, -0.25) is 9.11 Å². The van der Waals surface area contributed by atoms with Crippen molar-refractivity contribution in [3.8, 4) is 11.5 Å². The van der Waals surface area contributed by atoms with E-state index in [0.29, 0.717) is 23.3 Å². The lowest BCUT2D eigenvalue weighted by Crippen LogP contribution is -2.02. The number of nitrogens with zero attached hydrogens (tertiary/aromatic N) is 4. The average molecular weight is 702 g/mol. The van der Waals surface area contributed by atoms with Crippen LogP contribution >= 0.6 is 12.0 Å². The molecule has 0 aliphatic heterocycles. The van der Waals surface area contributed by atoms with E-state index < -0.39 is 35.8 Å². The summed E-state index contributed by atoms with van der Waals surface area (Å²) >= 11 is 0.339. The van der Waals surface area contributed by atoms with Crippen LogP contribution in [0, 0.1) is 13.8 Å². The second kappa shape index (κ2) is 12.8. The number of rotatable bonds is 9. The monoisotopic (exact) mass is 701 g/mol. The first-order valence-electron chi connectivity index (χ1n) is 13.0. The highest BCUT2D eigenvalue weighted by atomic mass is 32.2. The Morgan fingerprint density at radius 3 is 2.02 bits per heavy atom. The van der Waals surface area contributed by atoms with Crippen molar-refractivity contribution in [3.05, 3.63) is 71.8 Å². The Balaban J connectivity index is 1.73. The highest BCUT2D eigenvalue weighted by Crippen LogP contribution is 2.50. The number of hydrogen-bond donors (Lipinski definition) is 6. The predicted molar refractivity (Wildman–Crippen MR) is 170 cm³/mol. The fraction of sp³-hybridized carbons (Fsp3) is 0.0714. The van der Waals surface area contributed by atoms with Crippen LogP contribution in [0.15, 0.2) is 95.8 Å². The summed E-state index contributed by atoms with van der Waals surface area (Å²) in [5.74, 6) is -1.07. The Kier molecular flexibility index (Phi) is 9.17. The first-order valence-corrected chi connectivity index (χ1v) is 16.6. The SMILES string of the molecule is Cc1c(S(=O)(=O)O)cc2c(C)c(N=Nc3cc(S(=O)(=O)O)c4cc(SOOO)c(N=Nc5ccccc5)c(O)c4c3N)ccc2c1O. The third-order valence-corrected chi connectivity index (χ3v) is 9.55. The number of fused-ring (bicyclic) bond motifs is 2. The molecule has 244 valence electrons. The van der Waals surface area contributed by atoms with Crippen molar-refractivity contribution in [2.45, 2.75) is 28.5 Å². The number of nitrogens with two attached hydrogens (primary N) is 1. The molecular formula is C28H23N5O11S3. The summed E-state index contributed by atoms with van der Waals surface area (Å²) in [7, 11) is -9.69. The second-order valence-electron chi connectivity index (χ2n) is 9.87. The first-order chi connectivity index (χ1) is 22.1. The largest absolute Gasteiger partial charge is 0.507 e. The summed E-state index contributed by atoms with van der Waals surface area (Å²) in [6.07, 6.45) is 0. The van der Waals surface area contributed by atoms with Crippen LogP contribution in [-0.4, -0.2) is 41.4 Å². The minimum absolute atomic E-state index is 0.0602. The van der Waals surface area contributed by atoms with E-state index in [1.165, 1.54) is 25.1 Å². The van der Waals surface area contributed by atoms with E-state index in [0.717, 1.165) is 12.1 Å². The Morgan fingerprint density at radius 2 is 1.38 bits per heavy atom. The fourth-order valence-electron chi connectivity index (χ4n) is 4.77. The van der Waals surface area contributed by atoms with E-state index in [9.17, 15) is 36.2 Å². The van der Waals surface area contributed by atoms with Gasteiger partial charge in [-0.2, -0.15) is 27.1 Å². The molecule has 0 unspecified atom stereocenters. The Morgan fingerprint density at radius 1 is 0.723 bits per heavy atom. The van der Waals surface area contributed by atoms with Crippen molar-refractivity contribution in [1.82, 2.24) is 0 Å². The molecule has 0 aliphatic rings. The van der Waals surface area contributed by atoms with E-state index in [1.807, 2.05) is 0 Å². The van der Waals surface area contributed by atoms with Crippen LogP contribution in [0.1, 0.15) is 11.1 Å². The second-order valence-corrected chi connectivity index (χ2v) is 13.4. The molecule has 0 saturated carbocycles. The normalized spacial score (nSPS) is 12.6. The molecule has 0 amide bonds. The fourth-order valence-corrected chi connectivity index (χ4v) is 6.71. The zero-order chi connectivity index (χ0) is 34.3. The maximum Gasteiger partial charge on any atom is 0.295 e. The van der Waals surface area contributed by atoms with Crippen LogP contribution in [0.4, 0.5) is 28.4 Å². The molecule has 0 saturated heterocycles. The van der Waals surface area contributed by atoms with Crippen molar-refractivity contribution in [2.75, 3.05) is 5.73 Å². The first kappa shape index (κ1) is 33.6. The average Bonchev–Trinajstić information content (AvgIpc) is 3.01. The van der Waals surface area contributed by atoms with Crippen molar-refractivity contribution in [1.29, 1.82) is 0 Å². The van der Waals surface area contributed by atoms with Gasteiger partial charge in [-0.05, 0) is 67.3 Å². The molecule has 0 aliphatic carbocycles. The molecule has 5 aromatic carbocycles. The smallest absolute Gasteiger partial charge is 0.295 e. The van der Waals surface area contributed by atoms with Gasteiger partial charge in [0.1, 0.15) is 26.9 Å². The van der Waals surface area contributed by atoms with Crippen molar-refractivity contribution in [2.24, 2.45) is 20.5 Å². The molecule has 5 aromatic rings. The van der Waals surface area contributed by atoms with Crippen LogP contribution in [0.25, 0.3) is 21.5 Å². The zero-order valence-corrected chi connectivity index (χ0v) is 26.5. The molecule has 0 radical (unpaired) electrons. The molecule has 7 N–H and O–H groups in total. The van der Waals surface area contributed by atoms with E-state index in [1.54, 1.807) is 37.3 Å². The van der Waals surface area contributed by atoms with Crippen molar-refractivity contribution in [3.63, 3.8) is 0 Å². The maximum absolute atomic E-state index is 12.5. The van der Waals surface area contributed by atoms with E-state index in [2.05, 4.69) is 29.8 Å². The lowest BCUT2D eigenvalue weighted by molar-refractivity contribution is -0.432. The molecule has 5 rings (SSSR count). The summed E-state index contributed by atoms with van der Waals surface area (Å²) < 4.78 is 73.1. The van der Waals surface area contributed by atoms with Crippen molar-refractivity contribution >= 4 is 82.3 Å². The van der Waals surface area contributed by atoms with Gasteiger partial charge in [0.25, 0.3) is 20.2 Å². The van der Waals surface area contributed by atoms with Gasteiger partial charge >= 0.3 is 0 Å². The Hall–Kier alpha value is -4.73. The zero-order valence-electron chi connectivity index (χ0n) is 24.1. The molecule has 0 aromatic heterocycles. The highest BCUT2D eigenvalue weighted by Gasteiger charge is 2.26. The highest BCUT2D eigenvalue weighted by molar-refractivity contribution is 7.94. The van der Waals surface area contributed by atoms with Crippen molar-refractivity contribution < 1.29 is 50.8 Å². The summed E-state index contributed by atoms with van der Waals surface area (Å²) in [5.41, 5.74) is 6.25. The summed E-state index contributed by atoms with van der Waals surface area (Å²) in [4.78, 5) is -1.35. The lowest BCUT2D eigenvalue weighted by atomic mass is 10.0. The summed E-state index contributed by atoms with van der Waals surface area (Å²) in [6.45, 7) is 2.87. The number of benzene rings is 5. The number of aromatic hydroxyl groups is 2. The number of phenolic OH excluding ortho intramolecular Hbond substituents is 2. The van der Waals surface area contributed by atoms with Gasteiger partial charge in [0.15, 0.2) is 5.75 Å². The van der Waals surface area contributed by atoms with E-state index in [-0.39, 0.29) is 60.5 Å². The van der Waals surface area contributed by atoms with Crippen LogP contribution in [0.5, 0.6) is 11.5 Å². The van der Waals surface area contributed by atoms with Gasteiger partial charge in [0.05, 0.1) is 39.4 Å². The van der Waals surface area contributed by atoms with Gasteiger partial charge in [0.2, 0.25) is 0 Å². The number of nitrogen functional groups attached to an aromatic ring is 1. The van der Waals surface area contributed by atoms with Gasteiger partial charge in [-0.15, -0.1) is 14.6 Å². The Bertz CT molecular complexity index is 2350. The topological polar surface area (TPSA) is 263 Å². The molecule has 19 heteroatoms. The molecule has 16 nitrogen and oxygen atoms in total. The van der Waals surface area contributed by atoms with Crippen LogP contribution in [-0.2, 0) is 29.6 Å². The standard InChI is InChI=1S/C28H23N5O11S3/c1-13-17-11-22(46(37,38)39)14(2)27(34)16(17)8-9-19(13)31-32-20-12-23(47(40,41)42)18-10-21(45-44-43-36)26(28(35)24(18)25(20)29)33-30-15-6-4-3-5-7-15/h3-12,34-36H,29H2,1-2H3,(H,37,38,39)(H,40,41,42). The number of anilines is 1. The summed E-state index contributed by atoms with van der Waals surface area (Å²) in [5, 5.41) is 50.4. The minimum Gasteiger partial charge on any atom is -0.507 e. The van der Waals surface area contributed by atoms with Crippen LogP contribution < -0.4 is 5.73 Å². The molecule has 0 heterocycles. The number of aryl methyl sites for hydroxylation is 1.